The van der Waals surface area contributed by atoms with Gasteiger partial charge < -0.3 is 5.32 Å². The van der Waals surface area contributed by atoms with Gasteiger partial charge >= 0.3 is 6.03 Å². The zero-order valence-corrected chi connectivity index (χ0v) is 23.8. The zero-order valence-electron chi connectivity index (χ0n) is 23.0. The second-order valence-electron chi connectivity index (χ2n) is 10.9. The number of benzene rings is 2. The number of hydrogen-bond acceptors (Lipinski definition) is 4. The van der Waals surface area contributed by atoms with E-state index in [1.807, 2.05) is 42.5 Å². The number of hydrogen-bond donors (Lipinski definition) is 1. The number of fused-ring (bicyclic) bond motifs is 2. The summed E-state index contributed by atoms with van der Waals surface area (Å²) in [5.74, 6) is -0.578. The van der Waals surface area contributed by atoms with E-state index >= 15 is 0 Å². The molecule has 1 N–H and O–H groups in total. The first-order valence-electron chi connectivity index (χ1n) is 14.0. The molecular formula is C33H31ClFN5O2. The molecule has 2 aliphatic heterocycles. The Balaban J connectivity index is 1.22. The highest BCUT2D eigenvalue weighted by molar-refractivity contribution is 6.30. The topological polar surface area (TPSA) is 70.5 Å². The van der Waals surface area contributed by atoms with Crippen LogP contribution in [0.2, 0.25) is 5.02 Å². The van der Waals surface area contributed by atoms with Crippen molar-refractivity contribution in [1.82, 2.24) is 19.8 Å². The number of carbonyl (C=O) groups excluding carboxylic acids is 1. The second-order valence-corrected chi connectivity index (χ2v) is 11.3. The molecule has 4 aromatic rings. The fourth-order valence-electron chi connectivity index (χ4n) is 5.96. The van der Waals surface area contributed by atoms with Crippen LogP contribution in [-0.4, -0.2) is 46.7 Å². The van der Waals surface area contributed by atoms with Crippen LogP contribution >= 0.6 is 11.6 Å². The lowest BCUT2D eigenvalue weighted by atomic mass is 9.74. The largest absolute Gasteiger partial charge is 0.334 e. The molecule has 2 aromatic carbocycles. The van der Waals surface area contributed by atoms with E-state index in [0.29, 0.717) is 12.1 Å². The monoisotopic (exact) mass is 583 g/mol. The van der Waals surface area contributed by atoms with Crippen LogP contribution in [-0.2, 0) is 12.0 Å². The number of amides is 2. The number of rotatable bonds is 6. The summed E-state index contributed by atoms with van der Waals surface area (Å²) < 4.78 is 15.2. The molecule has 4 heterocycles. The Morgan fingerprint density at radius 2 is 1.86 bits per heavy atom. The Kier molecular flexibility index (Phi) is 7.91. The van der Waals surface area contributed by atoms with Gasteiger partial charge in [0, 0.05) is 59.9 Å². The highest BCUT2D eigenvalue weighted by atomic mass is 35.5. The van der Waals surface area contributed by atoms with Crippen molar-refractivity contribution in [2.45, 2.75) is 24.8 Å². The molecule has 9 heteroatoms. The summed E-state index contributed by atoms with van der Waals surface area (Å²) in [5, 5.41) is 3.67. The molecule has 42 heavy (non-hydrogen) atoms. The summed E-state index contributed by atoms with van der Waals surface area (Å²) in [7, 11) is 0. The first-order valence-corrected chi connectivity index (χ1v) is 14.4. The molecule has 1 spiro atoms. The van der Waals surface area contributed by atoms with Gasteiger partial charge in [0.15, 0.2) is 0 Å². The van der Waals surface area contributed by atoms with Crippen LogP contribution < -0.4 is 15.8 Å². The summed E-state index contributed by atoms with van der Waals surface area (Å²) in [5.41, 5.74) is 4.11. The summed E-state index contributed by atoms with van der Waals surface area (Å²) >= 11 is 6.00. The minimum atomic E-state index is -0.578. The fourth-order valence-corrected chi connectivity index (χ4v) is 6.08. The highest BCUT2D eigenvalue weighted by Gasteiger charge is 2.46. The number of carbonyl (C=O) groups is 1. The third-order valence-electron chi connectivity index (χ3n) is 8.24. The maximum atomic E-state index is 13.6. The SMILES string of the molecule is O=C(NCc1ccnc(F)c1)N1CC2(CCN(C/C=C/c3ccc(Cl)cc3)CC2)c2cc(-n3ccccc3=O)ccc21. The van der Waals surface area contributed by atoms with Gasteiger partial charge in [-0.05, 0) is 91.2 Å². The van der Waals surface area contributed by atoms with Crippen LogP contribution in [0.5, 0.6) is 0 Å². The molecule has 0 radical (unpaired) electrons. The number of aromatic nitrogens is 2. The first kappa shape index (κ1) is 27.9. The summed E-state index contributed by atoms with van der Waals surface area (Å²) in [6, 6.07) is 21.5. The van der Waals surface area contributed by atoms with Crippen molar-refractivity contribution in [2.24, 2.45) is 0 Å². The maximum absolute atomic E-state index is 13.6. The van der Waals surface area contributed by atoms with Gasteiger partial charge in [0.1, 0.15) is 0 Å². The number of pyridine rings is 2. The summed E-state index contributed by atoms with van der Waals surface area (Å²) in [6.07, 6.45) is 9.19. The molecule has 2 aliphatic rings. The standard InChI is InChI=1S/C33H31ClFN5O2/c34-26-8-6-24(7-9-26)4-3-16-38-18-13-33(14-19-38)23-40(32(42)37-22-25-12-15-36-30(35)20-25)29-11-10-27(21-28(29)33)39-17-2-1-5-31(39)41/h1-12,15,17,20-21H,13-14,16,18-19,22-23H2,(H,37,42)/b4-3+. The molecule has 0 bridgehead atoms. The van der Waals surface area contributed by atoms with Crippen LogP contribution in [0.15, 0.2) is 96.1 Å². The van der Waals surface area contributed by atoms with Crippen molar-refractivity contribution in [3.8, 4) is 5.69 Å². The number of piperidine rings is 1. The molecule has 2 amide bonds. The average Bonchev–Trinajstić information content (AvgIpc) is 3.31. The molecule has 1 saturated heterocycles. The molecule has 1 fully saturated rings. The Labute approximate surface area is 248 Å². The number of anilines is 1. The average molecular weight is 584 g/mol. The van der Waals surface area contributed by atoms with Crippen molar-refractivity contribution in [3.63, 3.8) is 0 Å². The van der Waals surface area contributed by atoms with Crippen LogP contribution in [0.25, 0.3) is 11.8 Å². The van der Waals surface area contributed by atoms with Gasteiger partial charge in [-0.25, -0.2) is 9.78 Å². The van der Waals surface area contributed by atoms with Crippen LogP contribution in [0.3, 0.4) is 0 Å². The quantitative estimate of drug-likeness (QED) is 0.291. The summed E-state index contributed by atoms with van der Waals surface area (Å²) in [4.78, 5) is 33.9. The van der Waals surface area contributed by atoms with Crippen LogP contribution in [0.4, 0.5) is 14.9 Å². The van der Waals surface area contributed by atoms with E-state index in [0.717, 1.165) is 60.0 Å². The lowest BCUT2D eigenvalue weighted by Gasteiger charge is -2.39. The molecule has 6 rings (SSSR count). The number of urea groups is 1. The summed E-state index contributed by atoms with van der Waals surface area (Å²) in [6.45, 7) is 3.33. The predicted octanol–water partition coefficient (Wildman–Crippen LogP) is 5.80. The Morgan fingerprint density at radius 3 is 2.62 bits per heavy atom. The third kappa shape index (κ3) is 5.86. The maximum Gasteiger partial charge on any atom is 0.322 e. The van der Waals surface area contributed by atoms with Crippen molar-refractivity contribution in [3.05, 3.63) is 129 Å². The molecule has 0 saturated carbocycles. The normalized spacial score (nSPS) is 16.2. The first-order chi connectivity index (χ1) is 20.4. The number of nitrogens with one attached hydrogen (secondary N) is 1. The second kappa shape index (κ2) is 11.9. The van der Waals surface area contributed by atoms with Gasteiger partial charge in [-0.1, -0.05) is 42.0 Å². The number of halogens is 2. The van der Waals surface area contributed by atoms with E-state index in [-0.39, 0.29) is 23.6 Å². The lowest BCUT2D eigenvalue weighted by Crippen LogP contribution is -2.47. The Hall–Kier alpha value is -4.27. The molecule has 7 nitrogen and oxygen atoms in total. The zero-order chi connectivity index (χ0) is 29.1. The van der Waals surface area contributed by atoms with Gasteiger partial charge in [0.05, 0.1) is 0 Å². The van der Waals surface area contributed by atoms with Gasteiger partial charge in [-0.3, -0.25) is 19.2 Å². The predicted molar refractivity (Wildman–Crippen MR) is 164 cm³/mol. The molecule has 2 aromatic heterocycles. The number of nitrogens with zero attached hydrogens (tertiary/aromatic N) is 4. The third-order valence-corrected chi connectivity index (χ3v) is 8.49. The Morgan fingerprint density at radius 1 is 1.05 bits per heavy atom. The van der Waals surface area contributed by atoms with E-state index in [2.05, 4.69) is 33.4 Å². The fraction of sp³-hybridized carbons (Fsp3) is 0.242. The lowest BCUT2D eigenvalue weighted by molar-refractivity contribution is 0.180. The van der Waals surface area contributed by atoms with Crippen molar-refractivity contribution >= 4 is 29.4 Å². The Bertz CT molecular complexity index is 1680. The van der Waals surface area contributed by atoms with E-state index in [1.165, 1.54) is 12.3 Å². The van der Waals surface area contributed by atoms with Gasteiger partial charge in [-0.2, -0.15) is 4.39 Å². The van der Waals surface area contributed by atoms with Gasteiger partial charge in [0.2, 0.25) is 5.95 Å². The van der Waals surface area contributed by atoms with E-state index in [1.54, 1.807) is 33.9 Å². The van der Waals surface area contributed by atoms with Crippen LogP contribution in [0, 0.1) is 5.95 Å². The molecule has 214 valence electrons. The van der Waals surface area contributed by atoms with Crippen LogP contribution in [0.1, 0.15) is 29.5 Å². The van der Waals surface area contributed by atoms with E-state index in [4.69, 9.17) is 11.6 Å². The molecule has 0 unspecified atom stereocenters. The van der Waals surface area contributed by atoms with Crippen molar-refractivity contribution in [1.29, 1.82) is 0 Å². The molecule has 0 aliphatic carbocycles. The van der Waals surface area contributed by atoms with Crippen molar-refractivity contribution < 1.29 is 9.18 Å². The van der Waals surface area contributed by atoms with E-state index in [9.17, 15) is 14.0 Å². The minimum absolute atomic E-state index is 0.106. The molecular weight excluding hydrogens is 553 g/mol. The van der Waals surface area contributed by atoms with E-state index < -0.39 is 5.95 Å². The molecule has 0 atom stereocenters. The van der Waals surface area contributed by atoms with Gasteiger partial charge in [0.25, 0.3) is 5.56 Å². The van der Waals surface area contributed by atoms with Gasteiger partial charge in [-0.15, -0.1) is 0 Å². The van der Waals surface area contributed by atoms with Crippen molar-refractivity contribution in [2.75, 3.05) is 31.1 Å². The highest BCUT2D eigenvalue weighted by Crippen LogP contribution is 2.47. The smallest absolute Gasteiger partial charge is 0.322 e. The minimum Gasteiger partial charge on any atom is -0.334 e. The number of likely N-dealkylation sites (tertiary alicyclic amines) is 1.